The Hall–Kier alpha value is 0. The van der Waals surface area contributed by atoms with Crippen LogP contribution in [0, 0.1) is 11.3 Å². The van der Waals surface area contributed by atoms with Gasteiger partial charge in [0.2, 0.25) is 0 Å². The lowest BCUT2D eigenvalue weighted by Crippen LogP contribution is -2.44. The zero-order chi connectivity index (χ0) is 12.2. The first-order valence-corrected chi connectivity index (χ1v) is 6.52. The standard InChI is InChI=1S/C13H27N3.HI/c1-6-14-12(16-11(4)10(2)3)15-9-13(5)7-8-13;/h10-11H,6-9H2,1-5H3,(H2,14,15,16);1H. The van der Waals surface area contributed by atoms with Crippen LogP contribution in [0.2, 0.25) is 0 Å². The minimum absolute atomic E-state index is 0. The fourth-order valence-corrected chi connectivity index (χ4v) is 1.34. The topological polar surface area (TPSA) is 36.4 Å². The molecule has 0 heterocycles. The first-order valence-electron chi connectivity index (χ1n) is 6.52. The molecule has 1 rings (SSSR count). The van der Waals surface area contributed by atoms with Gasteiger partial charge in [-0.2, -0.15) is 0 Å². The Bertz CT molecular complexity index is 247. The van der Waals surface area contributed by atoms with E-state index in [-0.39, 0.29) is 24.0 Å². The van der Waals surface area contributed by atoms with Gasteiger partial charge in [0.15, 0.2) is 5.96 Å². The molecule has 3 nitrogen and oxygen atoms in total. The molecule has 17 heavy (non-hydrogen) atoms. The molecule has 0 bridgehead atoms. The number of hydrogen-bond acceptors (Lipinski definition) is 1. The number of aliphatic imine (C=N–C) groups is 1. The zero-order valence-corrected chi connectivity index (χ0v) is 14.2. The summed E-state index contributed by atoms with van der Waals surface area (Å²) in [5.74, 6) is 1.59. The monoisotopic (exact) mass is 353 g/mol. The van der Waals surface area contributed by atoms with E-state index in [0.29, 0.717) is 17.4 Å². The Labute approximate surface area is 123 Å². The molecule has 0 aromatic carbocycles. The van der Waals surface area contributed by atoms with Crippen molar-refractivity contribution in [2.45, 2.75) is 53.5 Å². The van der Waals surface area contributed by atoms with Gasteiger partial charge in [-0.15, -0.1) is 24.0 Å². The Morgan fingerprint density at radius 1 is 1.29 bits per heavy atom. The Morgan fingerprint density at radius 2 is 1.88 bits per heavy atom. The Kier molecular flexibility index (Phi) is 7.44. The first-order chi connectivity index (χ1) is 7.47. The third-order valence-electron chi connectivity index (χ3n) is 3.43. The maximum atomic E-state index is 4.66. The fourth-order valence-electron chi connectivity index (χ4n) is 1.34. The largest absolute Gasteiger partial charge is 0.357 e. The summed E-state index contributed by atoms with van der Waals surface area (Å²) in [5.41, 5.74) is 0.490. The zero-order valence-electron chi connectivity index (χ0n) is 11.8. The summed E-state index contributed by atoms with van der Waals surface area (Å²) in [6.07, 6.45) is 2.66. The van der Waals surface area contributed by atoms with Crippen LogP contribution in [0.4, 0.5) is 0 Å². The van der Waals surface area contributed by atoms with Gasteiger partial charge in [0, 0.05) is 19.1 Å². The molecule has 0 aliphatic heterocycles. The normalized spacial score (nSPS) is 19.5. The van der Waals surface area contributed by atoms with Crippen molar-refractivity contribution in [2.24, 2.45) is 16.3 Å². The highest BCUT2D eigenvalue weighted by Gasteiger charge is 2.36. The highest BCUT2D eigenvalue weighted by atomic mass is 127. The molecule has 4 heteroatoms. The van der Waals surface area contributed by atoms with Crippen LogP contribution in [0.5, 0.6) is 0 Å². The van der Waals surface area contributed by atoms with E-state index in [0.717, 1.165) is 19.0 Å². The molecule has 102 valence electrons. The second-order valence-corrected chi connectivity index (χ2v) is 5.68. The molecular formula is C13H28IN3. The maximum Gasteiger partial charge on any atom is 0.191 e. The van der Waals surface area contributed by atoms with Gasteiger partial charge in [-0.05, 0) is 38.0 Å². The molecule has 0 aromatic rings. The summed E-state index contributed by atoms with van der Waals surface area (Å²) in [6, 6.07) is 0.463. The Balaban J connectivity index is 0.00000256. The number of guanidine groups is 1. The third-order valence-corrected chi connectivity index (χ3v) is 3.43. The van der Waals surface area contributed by atoms with Crippen LogP contribution in [-0.2, 0) is 0 Å². The molecule has 1 unspecified atom stereocenters. The lowest BCUT2D eigenvalue weighted by atomic mass is 10.1. The van der Waals surface area contributed by atoms with Crippen LogP contribution in [0.25, 0.3) is 0 Å². The number of rotatable bonds is 5. The van der Waals surface area contributed by atoms with Crippen molar-refractivity contribution in [1.29, 1.82) is 0 Å². The molecule has 1 aliphatic rings. The molecule has 1 fully saturated rings. The summed E-state index contributed by atoms with van der Waals surface area (Å²) in [7, 11) is 0. The van der Waals surface area contributed by atoms with Gasteiger partial charge in [0.1, 0.15) is 0 Å². The number of hydrogen-bond donors (Lipinski definition) is 2. The lowest BCUT2D eigenvalue weighted by molar-refractivity contribution is 0.479. The second-order valence-electron chi connectivity index (χ2n) is 5.68. The molecule has 1 atom stereocenters. The molecule has 1 aliphatic carbocycles. The van der Waals surface area contributed by atoms with E-state index < -0.39 is 0 Å². The van der Waals surface area contributed by atoms with Crippen molar-refractivity contribution in [2.75, 3.05) is 13.1 Å². The summed E-state index contributed by atoms with van der Waals surface area (Å²) < 4.78 is 0. The van der Waals surface area contributed by atoms with Gasteiger partial charge in [0.25, 0.3) is 0 Å². The van der Waals surface area contributed by atoms with Crippen LogP contribution < -0.4 is 10.6 Å². The van der Waals surface area contributed by atoms with Crippen molar-refractivity contribution in [3.63, 3.8) is 0 Å². The van der Waals surface area contributed by atoms with Crippen LogP contribution in [-0.4, -0.2) is 25.1 Å². The quantitative estimate of drug-likeness (QED) is 0.453. The second kappa shape index (κ2) is 7.44. The van der Waals surface area contributed by atoms with E-state index in [1.807, 2.05) is 0 Å². The maximum absolute atomic E-state index is 4.66. The van der Waals surface area contributed by atoms with Crippen molar-refractivity contribution < 1.29 is 0 Å². The van der Waals surface area contributed by atoms with Crippen LogP contribution in [0.1, 0.15) is 47.5 Å². The van der Waals surface area contributed by atoms with Gasteiger partial charge in [-0.1, -0.05) is 20.8 Å². The molecule has 2 N–H and O–H groups in total. The van der Waals surface area contributed by atoms with E-state index in [2.05, 4.69) is 50.2 Å². The van der Waals surface area contributed by atoms with Crippen LogP contribution in [0.15, 0.2) is 4.99 Å². The van der Waals surface area contributed by atoms with Gasteiger partial charge < -0.3 is 10.6 Å². The molecule has 1 saturated carbocycles. The van der Waals surface area contributed by atoms with Gasteiger partial charge in [0.05, 0.1) is 0 Å². The number of halogens is 1. The van der Waals surface area contributed by atoms with Gasteiger partial charge in [-0.3, -0.25) is 4.99 Å². The Morgan fingerprint density at radius 3 is 2.29 bits per heavy atom. The van der Waals surface area contributed by atoms with E-state index >= 15 is 0 Å². The predicted octanol–water partition coefficient (Wildman–Crippen LogP) is 3.00. The summed E-state index contributed by atoms with van der Waals surface area (Å²) in [6.45, 7) is 13.0. The smallest absolute Gasteiger partial charge is 0.191 e. The lowest BCUT2D eigenvalue weighted by Gasteiger charge is -2.21. The van der Waals surface area contributed by atoms with Crippen molar-refractivity contribution in [3.05, 3.63) is 0 Å². The van der Waals surface area contributed by atoms with Crippen molar-refractivity contribution in [1.82, 2.24) is 10.6 Å². The van der Waals surface area contributed by atoms with E-state index in [9.17, 15) is 0 Å². The molecule has 0 amide bonds. The van der Waals surface area contributed by atoms with Crippen LogP contribution >= 0.6 is 24.0 Å². The minimum atomic E-state index is 0. The highest BCUT2D eigenvalue weighted by Crippen LogP contribution is 2.44. The average molecular weight is 353 g/mol. The third kappa shape index (κ3) is 6.48. The first kappa shape index (κ1) is 17.0. The molecule has 0 aromatic heterocycles. The van der Waals surface area contributed by atoms with Gasteiger partial charge in [-0.25, -0.2) is 0 Å². The molecule has 0 radical (unpaired) electrons. The minimum Gasteiger partial charge on any atom is -0.357 e. The number of nitrogens with one attached hydrogen (secondary N) is 2. The predicted molar refractivity (Wildman–Crippen MR) is 86.2 cm³/mol. The summed E-state index contributed by atoms with van der Waals surface area (Å²) in [5, 5.41) is 6.76. The summed E-state index contributed by atoms with van der Waals surface area (Å²) in [4.78, 5) is 4.66. The van der Waals surface area contributed by atoms with E-state index in [1.165, 1.54) is 12.8 Å². The summed E-state index contributed by atoms with van der Waals surface area (Å²) >= 11 is 0. The molecule has 0 spiro atoms. The van der Waals surface area contributed by atoms with E-state index in [4.69, 9.17) is 0 Å². The fraction of sp³-hybridized carbons (Fsp3) is 0.923. The van der Waals surface area contributed by atoms with E-state index in [1.54, 1.807) is 0 Å². The number of nitrogens with zero attached hydrogens (tertiary/aromatic N) is 1. The molecular weight excluding hydrogens is 325 g/mol. The van der Waals surface area contributed by atoms with Crippen LogP contribution in [0.3, 0.4) is 0 Å². The molecule has 0 saturated heterocycles. The average Bonchev–Trinajstić information content (AvgIpc) is 2.94. The van der Waals surface area contributed by atoms with Gasteiger partial charge >= 0.3 is 0 Å². The van der Waals surface area contributed by atoms with Crippen molar-refractivity contribution >= 4 is 29.9 Å². The highest BCUT2D eigenvalue weighted by molar-refractivity contribution is 14.0. The SMILES string of the molecule is CCNC(=NCC1(C)CC1)NC(C)C(C)C.I. The van der Waals surface area contributed by atoms with Crippen molar-refractivity contribution in [3.8, 4) is 0 Å².